The SMILES string of the molecule is Cc1ccc(C)c(S(=O)(=O)N2CCN(c3ncnc4c3cnn4-c3ccccc3)CC2)c1. The molecular formula is C23H24N6O2S. The third-order valence-corrected chi connectivity index (χ3v) is 7.89. The molecule has 0 unspecified atom stereocenters. The van der Waals surface area contributed by atoms with Crippen molar-refractivity contribution in [3.63, 3.8) is 0 Å². The highest BCUT2D eigenvalue weighted by molar-refractivity contribution is 7.89. The van der Waals surface area contributed by atoms with Crippen LogP contribution in [0.25, 0.3) is 16.7 Å². The molecule has 1 fully saturated rings. The smallest absolute Gasteiger partial charge is 0.243 e. The van der Waals surface area contributed by atoms with Crippen LogP contribution >= 0.6 is 0 Å². The zero-order chi connectivity index (χ0) is 22.3. The average molecular weight is 449 g/mol. The Morgan fingerprint density at radius 2 is 1.66 bits per heavy atom. The Morgan fingerprint density at radius 1 is 0.906 bits per heavy atom. The van der Waals surface area contributed by atoms with E-state index in [1.165, 1.54) is 6.33 Å². The molecule has 0 amide bonds. The van der Waals surface area contributed by atoms with Crippen LogP contribution in [0.2, 0.25) is 0 Å². The second-order valence-electron chi connectivity index (χ2n) is 7.99. The predicted octanol–water partition coefficient (Wildman–Crippen LogP) is 2.94. The van der Waals surface area contributed by atoms with Gasteiger partial charge in [0.05, 0.1) is 22.2 Å². The van der Waals surface area contributed by atoms with Crippen molar-refractivity contribution < 1.29 is 8.42 Å². The molecule has 4 aromatic rings. The highest BCUT2D eigenvalue weighted by Crippen LogP contribution is 2.27. The predicted molar refractivity (Wildman–Crippen MR) is 124 cm³/mol. The van der Waals surface area contributed by atoms with E-state index in [1.54, 1.807) is 21.3 Å². The molecule has 0 radical (unpaired) electrons. The van der Waals surface area contributed by atoms with Crippen molar-refractivity contribution in [2.24, 2.45) is 0 Å². The lowest BCUT2D eigenvalue weighted by molar-refractivity contribution is 0.384. The van der Waals surface area contributed by atoms with Gasteiger partial charge < -0.3 is 4.90 Å². The summed E-state index contributed by atoms with van der Waals surface area (Å²) in [7, 11) is -3.54. The van der Waals surface area contributed by atoms with Gasteiger partial charge >= 0.3 is 0 Å². The minimum atomic E-state index is -3.54. The van der Waals surface area contributed by atoms with E-state index in [4.69, 9.17) is 0 Å². The molecule has 1 aliphatic rings. The topological polar surface area (TPSA) is 84.2 Å². The van der Waals surface area contributed by atoms with E-state index in [2.05, 4.69) is 20.0 Å². The lowest BCUT2D eigenvalue weighted by atomic mass is 10.2. The van der Waals surface area contributed by atoms with Crippen LogP contribution < -0.4 is 4.90 Å². The molecule has 8 nitrogen and oxygen atoms in total. The summed E-state index contributed by atoms with van der Waals surface area (Å²) in [6, 6.07) is 15.4. The maximum Gasteiger partial charge on any atom is 0.243 e. The van der Waals surface area contributed by atoms with Crippen molar-refractivity contribution in [1.82, 2.24) is 24.1 Å². The van der Waals surface area contributed by atoms with E-state index in [9.17, 15) is 8.42 Å². The van der Waals surface area contributed by atoms with Crippen LogP contribution in [0.1, 0.15) is 11.1 Å². The first-order chi connectivity index (χ1) is 15.4. The average Bonchev–Trinajstić information content (AvgIpc) is 3.25. The van der Waals surface area contributed by atoms with Crippen LogP contribution in [0.4, 0.5) is 5.82 Å². The van der Waals surface area contributed by atoms with E-state index in [1.807, 2.05) is 56.3 Å². The van der Waals surface area contributed by atoms with Gasteiger partial charge in [-0.15, -0.1) is 0 Å². The van der Waals surface area contributed by atoms with Crippen LogP contribution in [-0.2, 0) is 10.0 Å². The molecule has 2 aromatic carbocycles. The summed E-state index contributed by atoms with van der Waals surface area (Å²) in [5.74, 6) is 0.779. The van der Waals surface area contributed by atoms with Crippen LogP contribution in [0.5, 0.6) is 0 Å². The van der Waals surface area contributed by atoms with Crippen LogP contribution in [0, 0.1) is 13.8 Å². The quantitative estimate of drug-likeness (QED) is 0.477. The van der Waals surface area contributed by atoms with Crippen molar-refractivity contribution in [2.75, 3.05) is 31.1 Å². The summed E-state index contributed by atoms with van der Waals surface area (Å²) < 4.78 is 29.8. The van der Waals surface area contributed by atoms with E-state index >= 15 is 0 Å². The number of hydrogen-bond acceptors (Lipinski definition) is 6. The number of piperazine rings is 1. The van der Waals surface area contributed by atoms with E-state index < -0.39 is 10.0 Å². The van der Waals surface area contributed by atoms with Gasteiger partial charge in [-0.3, -0.25) is 0 Å². The Kier molecular flexibility index (Phi) is 5.15. The Morgan fingerprint density at radius 3 is 2.41 bits per heavy atom. The number of fused-ring (bicyclic) bond motifs is 1. The molecule has 32 heavy (non-hydrogen) atoms. The maximum absolute atomic E-state index is 13.2. The fourth-order valence-electron chi connectivity index (χ4n) is 4.11. The second-order valence-corrected chi connectivity index (χ2v) is 9.89. The number of benzene rings is 2. The molecule has 0 bridgehead atoms. The number of nitrogens with zero attached hydrogens (tertiary/aromatic N) is 6. The molecule has 9 heteroatoms. The Bertz CT molecular complexity index is 1380. The molecule has 0 atom stereocenters. The number of anilines is 1. The van der Waals surface area contributed by atoms with Gasteiger partial charge in [0, 0.05) is 26.2 Å². The number of hydrogen-bond donors (Lipinski definition) is 0. The lowest BCUT2D eigenvalue weighted by Gasteiger charge is -2.35. The minimum absolute atomic E-state index is 0.388. The number of aromatic nitrogens is 4. The highest BCUT2D eigenvalue weighted by atomic mass is 32.2. The van der Waals surface area contributed by atoms with Crippen LogP contribution in [0.3, 0.4) is 0 Å². The third-order valence-electron chi connectivity index (χ3n) is 5.85. The Labute approximate surface area is 187 Å². The summed E-state index contributed by atoms with van der Waals surface area (Å²) >= 11 is 0. The second kappa shape index (κ2) is 7.99. The minimum Gasteiger partial charge on any atom is -0.353 e. The molecule has 0 aliphatic carbocycles. The molecule has 0 spiro atoms. The first-order valence-corrected chi connectivity index (χ1v) is 12.0. The molecule has 1 saturated heterocycles. The fraction of sp³-hybridized carbons (Fsp3) is 0.261. The van der Waals surface area contributed by atoms with Crippen molar-refractivity contribution in [1.29, 1.82) is 0 Å². The summed E-state index contributed by atoms with van der Waals surface area (Å²) in [6.07, 6.45) is 3.31. The Balaban J connectivity index is 1.40. The van der Waals surface area contributed by atoms with E-state index in [0.29, 0.717) is 31.1 Å². The summed E-state index contributed by atoms with van der Waals surface area (Å²) in [5.41, 5.74) is 3.36. The summed E-state index contributed by atoms with van der Waals surface area (Å²) in [4.78, 5) is 11.4. The molecule has 2 aromatic heterocycles. The molecule has 1 aliphatic heterocycles. The van der Waals surface area contributed by atoms with Crippen molar-refractivity contribution in [3.05, 3.63) is 72.2 Å². The first-order valence-electron chi connectivity index (χ1n) is 10.5. The van der Waals surface area contributed by atoms with Gasteiger partial charge in [0.1, 0.15) is 12.1 Å². The number of para-hydroxylation sites is 1. The molecule has 0 N–H and O–H groups in total. The Hall–Kier alpha value is -3.30. The number of rotatable bonds is 4. The van der Waals surface area contributed by atoms with Gasteiger partial charge in [-0.25, -0.2) is 23.1 Å². The monoisotopic (exact) mass is 448 g/mol. The van der Waals surface area contributed by atoms with Crippen molar-refractivity contribution >= 4 is 26.9 Å². The molecule has 5 rings (SSSR count). The van der Waals surface area contributed by atoms with Gasteiger partial charge in [0.15, 0.2) is 5.65 Å². The summed E-state index contributed by atoms with van der Waals surface area (Å²) in [5, 5.41) is 5.36. The fourth-order valence-corrected chi connectivity index (χ4v) is 5.84. The lowest BCUT2D eigenvalue weighted by Crippen LogP contribution is -2.49. The zero-order valence-electron chi connectivity index (χ0n) is 18.0. The van der Waals surface area contributed by atoms with Gasteiger partial charge in [-0.2, -0.15) is 9.40 Å². The molecule has 3 heterocycles. The number of aryl methyl sites for hydroxylation is 2. The van der Waals surface area contributed by atoms with Crippen LogP contribution in [0.15, 0.2) is 66.0 Å². The zero-order valence-corrected chi connectivity index (χ0v) is 18.8. The standard InChI is InChI=1S/C23H24N6O2S/c1-17-8-9-18(2)21(14-17)32(30,31)28-12-10-27(11-13-28)22-20-15-26-29(23(20)25-16-24-22)19-6-4-3-5-7-19/h3-9,14-16H,10-13H2,1-2H3. The largest absolute Gasteiger partial charge is 0.353 e. The van der Waals surface area contributed by atoms with E-state index in [0.717, 1.165) is 33.7 Å². The van der Waals surface area contributed by atoms with Crippen molar-refractivity contribution in [3.8, 4) is 5.69 Å². The maximum atomic E-state index is 13.2. The van der Waals surface area contributed by atoms with Crippen LogP contribution in [-0.4, -0.2) is 58.7 Å². The normalized spacial score (nSPS) is 15.4. The molecule has 164 valence electrons. The molecule has 0 saturated carbocycles. The van der Waals surface area contributed by atoms with Gasteiger partial charge in [0.25, 0.3) is 0 Å². The van der Waals surface area contributed by atoms with Gasteiger partial charge in [-0.05, 0) is 43.2 Å². The molecular weight excluding hydrogens is 424 g/mol. The van der Waals surface area contributed by atoms with Gasteiger partial charge in [-0.1, -0.05) is 30.3 Å². The highest BCUT2D eigenvalue weighted by Gasteiger charge is 2.30. The number of sulfonamides is 1. The van der Waals surface area contributed by atoms with E-state index in [-0.39, 0.29) is 0 Å². The van der Waals surface area contributed by atoms with Gasteiger partial charge in [0.2, 0.25) is 10.0 Å². The summed E-state index contributed by atoms with van der Waals surface area (Å²) in [6.45, 7) is 5.64. The van der Waals surface area contributed by atoms with Crippen molar-refractivity contribution in [2.45, 2.75) is 18.7 Å². The third kappa shape index (κ3) is 3.53. The first kappa shape index (κ1) is 20.6.